The standard InChI is InChI=1S/C18H25NO5/c1-12-6-5-7-13(2)19(12)17(20)11-24-18(21)14-8-15(22-3)10-16(9-14)23-4/h8-10,12-13H,5-7,11H2,1-4H3/t12-,13+. The Hall–Kier alpha value is -2.24. The van der Waals surface area contributed by atoms with Crippen LogP contribution in [0.2, 0.25) is 0 Å². The number of benzene rings is 1. The van der Waals surface area contributed by atoms with Gasteiger partial charge in [-0.1, -0.05) is 0 Å². The van der Waals surface area contributed by atoms with Gasteiger partial charge in [0, 0.05) is 18.2 Å². The molecule has 0 N–H and O–H groups in total. The summed E-state index contributed by atoms with van der Waals surface area (Å²) in [5, 5.41) is 0. The molecule has 1 heterocycles. The van der Waals surface area contributed by atoms with E-state index in [9.17, 15) is 9.59 Å². The van der Waals surface area contributed by atoms with E-state index in [2.05, 4.69) is 0 Å². The molecule has 24 heavy (non-hydrogen) atoms. The fourth-order valence-corrected chi connectivity index (χ4v) is 3.12. The molecule has 1 amide bonds. The number of ether oxygens (including phenoxy) is 3. The quantitative estimate of drug-likeness (QED) is 0.774. The number of methoxy groups -OCH3 is 2. The highest BCUT2D eigenvalue weighted by atomic mass is 16.5. The van der Waals surface area contributed by atoms with Crippen molar-refractivity contribution in [3.8, 4) is 11.5 Å². The summed E-state index contributed by atoms with van der Waals surface area (Å²) in [5.74, 6) is 0.257. The third kappa shape index (κ3) is 4.19. The maximum atomic E-state index is 12.4. The van der Waals surface area contributed by atoms with Gasteiger partial charge in [-0.05, 0) is 45.2 Å². The molecule has 0 bridgehead atoms. The van der Waals surface area contributed by atoms with Gasteiger partial charge in [0.25, 0.3) is 5.91 Å². The summed E-state index contributed by atoms with van der Waals surface area (Å²) in [4.78, 5) is 26.4. The Kier molecular flexibility index (Phi) is 6.06. The van der Waals surface area contributed by atoms with Crippen LogP contribution in [0, 0.1) is 0 Å². The second-order valence-corrected chi connectivity index (χ2v) is 6.11. The number of rotatable bonds is 5. The summed E-state index contributed by atoms with van der Waals surface area (Å²) in [6, 6.07) is 5.14. The Labute approximate surface area is 142 Å². The van der Waals surface area contributed by atoms with Crippen LogP contribution in [0.4, 0.5) is 0 Å². The third-order valence-corrected chi connectivity index (χ3v) is 4.40. The van der Waals surface area contributed by atoms with E-state index in [1.807, 2.05) is 18.7 Å². The number of hydrogen-bond donors (Lipinski definition) is 0. The van der Waals surface area contributed by atoms with Gasteiger partial charge in [0.15, 0.2) is 6.61 Å². The van der Waals surface area contributed by atoms with E-state index in [1.165, 1.54) is 14.2 Å². The van der Waals surface area contributed by atoms with Crippen molar-refractivity contribution in [2.24, 2.45) is 0 Å². The minimum absolute atomic E-state index is 0.155. The molecular weight excluding hydrogens is 310 g/mol. The lowest BCUT2D eigenvalue weighted by molar-refractivity contribution is -0.140. The van der Waals surface area contributed by atoms with E-state index in [1.54, 1.807) is 18.2 Å². The van der Waals surface area contributed by atoms with Crippen molar-refractivity contribution >= 4 is 11.9 Å². The maximum absolute atomic E-state index is 12.4. The van der Waals surface area contributed by atoms with Gasteiger partial charge in [0.1, 0.15) is 11.5 Å². The summed E-state index contributed by atoms with van der Waals surface area (Å²) in [6.45, 7) is 3.80. The Morgan fingerprint density at radius 2 is 1.58 bits per heavy atom. The number of esters is 1. The average molecular weight is 335 g/mol. The highest BCUT2D eigenvalue weighted by molar-refractivity contribution is 5.92. The van der Waals surface area contributed by atoms with E-state index in [4.69, 9.17) is 14.2 Å². The first-order valence-corrected chi connectivity index (χ1v) is 8.17. The molecular formula is C18H25NO5. The monoisotopic (exact) mass is 335 g/mol. The zero-order valence-electron chi connectivity index (χ0n) is 14.7. The summed E-state index contributed by atoms with van der Waals surface area (Å²) >= 11 is 0. The van der Waals surface area contributed by atoms with Crippen molar-refractivity contribution in [2.75, 3.05) is 20.8 Å². The third-order valence-electron chi connectivity index (χ3n) is 4.40. The normalized spacial score (nSPS) is 20.4. The fraction of sp³-hybridized carbons (Fsp3) is 0.556. The van der Waals surface area contributed by atoms with Crippen molar-refractivity contribution in [1.29, 1.82) is 0 Å². The van der Waals surface area contributed by atoms with Crippen molar-refractivity contribution in [3.05, 3.63) is 23.8 Å². The molecule has 1 saturated heterocycles. The zero-order chi connectivity index (χ0) is 17.7. The van der Waals surface area contributed by atoms with Gasteiger partial charge in [0.2, 0.25) is 0 Å². The van der Waals surface area contributed by atoms with E-state index < -0.39 is 5.97 Å². The first-order valence-electron chi connectivity index (χ1n) is 8.17. The lowest BCUT2D eigenvalue weighted by Crippen LogP contribution is -2.49. The summed E-state index contributed by atoms with van der Waals surface area (Å²) in [6.07, 6.45) is 3.09. The predicted molar refractivity (Wildman–Crippen MR) is 89.4 cm³/mol. The van der Waals surface area contributed by atoms with Crippen LogP contribution in [0.25, 0.3) is 0 Å². The van der Waals surface area contributed by atoms with E-state index in [-0.39, 0.29) is 24.6 Å². The molecule has 2 rings (SSSR count). The Morgan fingerprint density at radius 1 is 1.04 bits per heavy atom. The molecule has 1 fully saturated rings. The van der Waals surface area contributed by atoms with Crippen molar-refractivity contribution in [3.63, 3.8) is 0 Å². The minimum Gasteiger partial charge on any atom is -0.497 e. The molecule has 1 aromatic rings. The van der Waals surface area contributed by atoms with Gasteiger partial charge < -0.3 is 19.1 Å². The first-order chi connectivity index (χ1) is 11.5. The summed E-state index contributed by atoms with van der Waals surface area (Å²) < 4.78 is 15.5. The molecule has 0 radical (unpaired) electrons. The number of piperidine rings is 1. The average Bonchev–Trinajstić information content (AvgIpc) is 2.58. The predicted octanol–water partition coefficient (Wildman–Crippen LogP) is 2.65. The molecule has 6 nitrogen and oxygen atoms in total. The van der Waals surface area contributed by atoms with Crippen LogP contribution in [0.1, 0.15) is 43.5 Å². The van der Waals surface area contributed by atoms with Gasteiger partial charge in [-0.2, -0.15) is 0 Å². The number of likely N-dealkylation sites (tertiary alicyclic amines) is 1. The SMILES string of the molecule is COc1cc(OC)cc(C(=O)OCC(=O)N2[C@H](C)CCC[C@@H]2C)c1. The molecule has 2 atom stereocenters. The molecule has 0 saturated carbocycles. The molecule has 0 aromatic heterocycles. The second kappa shape index (κ2) is 8.04. The molecule has 0 aliphatic carbocycles. The second-order valence-electron chi connectivity index (χ2n) is 6.11. The van der Waals surface area contributed by atoms with E-state index in [0.29, 0.717) is 17.1 Å². The Bertz CT molecular complexity index is 569. The number of carbonyl (C=O) groups is 2. The summed E-state index contributed by atoms with van der Waals surface area (Å²) in [5.41, 5.74) is 0.291. The molecule has 0 spiro atoms. The van der Waals surface area contributed by atoms with Crippen LogP contribution >= 0.6 is 0 Å². The van der Waals surface area contributed by atoms with Gasteiger partial charge in [-0.25, -0.2) is 4.79 Å². The topological polar surface area (TPSA) is 65.1 Å². The molecule has 1 aromatic carbocycles. The van der Waals surface area contributed by atoms with Crippen molar-refractivity contribution in [2.45, 2.75) is 45.2 Å². The lowest BCUT2D eigenvalue weighted by Gasteiger charge is -2.38. The molecule has 1 aliphatic heterocycles. The van der Waals surface area contributed by atoms with Crippen LogP contribution in [-0.2, 0) is 9.53 Å². The minimum atomic E-state index is -0.571. The number of carbonyl (C=O) groups excluding carboxylic acids is 2. The van der Waals surface area contributed by atoms with Gasteiger partial charge >= 0.3 is 5.97 Å². The van der Waals surface area contributed by atoms with E-state index >= 15 is 0 Å². The van der Waals surface area contributed by atoms with Gasteiger partial charge in [0.05, 0.1) is 19.8 Å². The zero-order valence-corrected chi connectivity index (χ0v) is 14.7. The number of nitrogens with zero attached hydrogens (tertiary/aromatic N) is 1. The van der Waals surface area contributed by atoms with E-state index in [0.717, 1.165) is 19.3 Å². The smallest absolute Gasteiger partial charge is 0.338 e. The van der Waals surface area contributed by atoms with Crippen molar-refractivity contribution < 1.29 is 23.8 Å². The van der Waals surface area contributed by atoms with Gasteiger partial charge in [-0.15, -0.1) is 0 Å². The largest absolute Gasteiger partial charge is 0.497 e. The number of hydrogen-bond acceptors (Lipinski definition) is 5. The molecule has 1 aliphatic rings. The summed E-state index contributed by atoms with van der Waals surface area (Å²) in [7, 11) is 3.01. The van der Waals surface area contributed by atoms with Crippen LogP contribution in [-0.4, -0.2) is 49.7 Å². The Morgan fingerprint density at radius 3 is 2.08 bits per heavy atom. The lowest BCUT2D eigenvalue weighted by atomic mass is 9.97. The highest BCUT2D eigenvalue weighted by Gasteiger charge is 2.29. The molecule has 132 valence electrons. The molecule has 0 unspecified atom stereocenters. The van der Waals surface area contributed by atoms with Gasteiger partial charge in [-0.3, -0.25) is 4.79 Å². The van der Waals surface area contributed by atoms with Crippen LogP contribution in [0.15, 0.2) is 18.2 Å². The number of amides is 1. The molecule has 6 heteroatoms. The Balaban J connectivity index is 2.01. The van der Waals surface area contributed by atoms with Crippen LogP contribution in [0.5, 0.6) is 11.5 Å². The van der Waals surface area contributed by atoms with Crippen LogP contribution in [0.3, 0.4) is 0 Å². The highest BCUT2D eigenvalue weighted by Crippen LogP contribution is 2.24. The maximum Gasteiger partial charge on any atom is 0.338 e. The fourth-order valence-electron chi connectivity index (χ4n) is 3.12. The van der Waals surface area contributed by atoms with Crippen LogP contribution < -0.4 is 9.47 Å². The first kappa shape index (κ1) is 18.1. The van der Waals surface area contributed by atoms with Crippen molar-refractivity contribution in [1.82, 2.24) is 4.90 Å².